The fourth-order valence-electron chi connectivity index (χ4n) is 3.32. The van der Waals surface area contributed by atoms with E-state index >= 15 is 0 Å². The minimum absolute atomic E-state index is 0.199. The number of carbonyl (C=O) groups excluding carboxylic acids is 4. The van der Waals surface area contributed by atoms with Gasteiger partial charge in [-0.25, -0.2) is 0 Å². The van der Waals surface area contributed by atoms with Crippen LogP contribution in [-0.4, -0.2) is 53.6 Å². The van der Waals surface area contributed by atoms with Crippen LogP contribution in [0.3, 0.4) is 0 Å². The number of rotatable bonds is 7. The topological polar surface area (TPSA) is 86.8 Å². The quantitative estimate of drug-likeness (QED) is 0.603. The molecule has 7 nitrogen and oxygen atoms in total. The first-order valence-corrected chi connectivity index (χ1v) is 10.8. The Morgan fingerprint density at radius 3 is 2.28 bits per heavy atom. The number of hydrogen-bond donors (Lipinski definition) is 1. The molecule has 0 fully saturated rings. The summed E-state index contributed by atoms with van der Waals surface area (Å²) in [6.07, 6.45) is 0.699. The minimum Gasteiger partial charge on any atom is -0.332 e. The van der Waals surface area contributed by atoms with E-state index < -0.39 is 17.7 Å². The second-order valence-corrected chi connectivity index (χ2v) is 8.83. The van der Waals surface area contributed by atoms with Gasteiger partial charge in [0.2, 0.25) is 5.91 Å². The van der Waals surface area contributed by atoms with Gasteiger partial charge in [-0.2, -0.15) is 0 Å². The Bertz CT molecular complexity index is 1080. The highest BCUT2D eigenvalue weighted by Gasteiger charge is 2.36. The first kappa shape index (κ1) is 23.8. The largest absolute Gasteiger partial charge is 0.332 e. The molecule has 0 bridgehead atoms. The number of nitrogens with zero attached hydrogens (tertiary/aromatic N) is 2. The summed E-state index contributed by atoms with van der Waals surface area (Å²) in [5, 5.41) is 3.16. The highest BCUT2D eigenvalue weighted by Crippen LogP contribution is 2.30. The maximum atomic E-state index is 12.8. The zero-order valence-corrected chi connectivity index (χ0v) is 19.5. The molecule has 0 atom stereocenters. The molecule has 0 saturated carbocycles. The van der Waals surface area contributed by atoms with Crippen molar-refractivity contribution in [1.82, 2.24) is 9.80 Å². The molecular formula is C23H23Cl2N3O4. The van der Waals surface area contributed by atoms with Crippen LogP contribution in [0.1, 0.15) is 51.3 Å². The zero-order valence-electron chi connectivity index (χ0n) is 17.9. The molecule has 1 heterocycles. The number of nitrogens with one attached hydrogen (secondary N) is 1. The normalized spacial score (nSPS) is 12.9. The van der Waals surface area contributed by atoms with Crippen LogP contribution in [0.2, 0.25) is 10.0 Å². The van der Waals surface area contributed by atoms with Crippen molar-refractivity contribution in [3.8, 4) is 0 Å². The number of amides is 4. The Balaban J connectivity index is 1.70. The average Bonchev–Trinajstić information content (AvgIpc) is 2.98. The lowest BCUT2D eigenvalue weighted by Crippen LogP contribution is -2.35. The summed E-state index contributed by atoms with van der Waals surface area (Å²) < 4.78 is 0. The lowest BCUT2D eigenvalue weighted by Gasteiger charge is -2.18. The van der Waals surface area contributed by atoms with Gasteiger partial charge >= 0.3 is 0 Å². The molecule has 2 aromatic carbocycles. The number of carbonyl (C=O) groups is 4. The number of para-hydroxylation sites is 1. The molecular weight excluding hydrogens is 453 g/mol. The Hall–Kier alpha value is -2.90. The molecule has 2 aromatic rings. The third kappa shape index (κ3) is 4.95. The Kier molecular flexibility index (Phi) is 7.21. The molecule has 0 aliphatic carbocycles. The highest BCUT2D eigenvalue weighted by atomic mass is 35.5. The van der Waals surface area contributed by atoms with Gasteiger partial charge in [0.25, 0.3) is 17.7 Å². The van der Waals surface area contributed by atoms with Gasteiger partial charge in [0.15, 0.2) is 0 Å². The monoisotopic (exact) mass is 475 g/mol. The third-order valence-electron chi connectivity index (χ3n) is 5.10. The Morgan fingerprint density at radius 1 is 1.03 bits per heavy atom. The van der Waals surface area contributed by atoms with Crippen LogP contribution in [0.25, 0.3) is 0 Å². The highest BCUT2D eigenvalue weighted by molar-refractivity contribution is 6.39. The number of imide groups is 1. The summed E-state index contributed by atoms with van der Waals surface area (Å²) in [5.74, 6) is -1.36. The Labute approximate surface area is 196 Å². The third-order valence-corrected chi connectivity index (χ3v) is 5.73. The van der Waals surface area contributed by atoms with E-state index in [9.17, 15) is 19.2 Å². The predicted octanol–water partition coefficient (Wildman–Crippen LogP) is 4.35. The van der Waals surface area contributed by atoms with Crippen molar-refractivity contribution >= 4 is 52.5 Å². The van der Waals surface area contributed by atoms with Crippen LogP contribution in [0.5, 0.6) is 0 Å². The van der Waals surface area contributed by atoms with Gasteiger partial charge in [-0.3, -0.25) is 24.1 Å². The average molecular weight is 476 g/mol. The number of benzene rings is 2. The lowest BCUT2D eigenvalue weighted by molar-refractivity contribution is -0.116. The van der Waals surface area contributed by atoms with E-state index in [0.717, 1.165) is 0 Å². The molecule has 0 radical (unpaired) electrons. The van der Waals surface area contributed by atoms with Crippen molar-refractivity contribution in [3.63, 3.8) is 0 Å². The SMILES string of the molecule is CC(C)CCN1C(=O)c2ccc(C(=O)N(C)CC(=O)Nc3c(Cl)cccc3Cl)cc2C1=O. The van der Waals surface area contributed by atoms with Crippen molar-refractivity contribution in [2.24, 2.45) is 5.92 Å². The first-order valence-electron chi connectivity index (χ1n) is 10.1. The number of anilines is 1. The van der Waals surface area contributed by atoms with Crippen molar-refractivity contribution in [2.45, 2.75) is 20.3 Å². The van der Waals surface area contributed by atoms with Gasteiger partial charge in [-0.05, 0) is 42.7 Å². The van der Waals surface area contributed by atoms with E-state index in [4.69, 9.17) is 23.2 Å². The smallest absolute Gasteiger partial charge is 0.261 e. The molecule has 0 aromatic heterocycles. The number of halogens is 2. The van der Waals surface area contributed by atoms with Crippen LogP contribution in [-0.2, 0) is 4.79 Å². The van der Waals surface area contributed by atoms with E-state index in [1.54, 1.807) is 18.2 Å². The van der Waals surface area contributed by atoms with Crippen LogP contribution in [0.15, 0.2) is 36.4 Å². The molecule has 1 aliphatic heterocycles. The van der Waals surface area contributed by atoms with E-state index in [1.807, 2.05) is 13.8 Å². The second kappa shape index (κ2) is 9.71. The summed E-state index contributed by atoms with van der Waals surface area (Å²) in [5.41, 5.74) is 0.959. The first-order chi connectivity index (χ1) is 15.1. The Morgan fingerprint density at radius 2 is 1.66 bits per heavy atom. The predicted molar refractivity (Wildman–Crippen MR) is 123 cm³/mol. The molecule has 3 rings (SSSR count). The summed E-state index contributed by atoms with van der Waals surface area (Å²) in [4.78, 5) is 52.9. The zero-order chi connectivity index (χ0) is 23.6. The van der Waals surface area contributed by atoms with Crippen LogP contribution in [0, 0.1) is 5.92 Å². The fraction of sp³-hybridized carbons (Fsp3) is 0.304. The summed E-state index contributed by atoms with van der Waals surface area (Å²) in [6, 6.07) is 9.20. The standard InChI is InChI=1S/C23H23Cl2N3O4/c1-13(2)9-10-28-22(31)15-8-7-14(11-16(15)23(28)32)21(30)27(3)12-19(29)26-20-17(24)5-4-6-18(20)25/h4-8,11,13H,9-10,12H2,1-3H3,(H,26,29). The van der Waals surface area contributed by atoms with Gasteiger partial charge in [-0.1, -0.05) is 43.1 Å². The maximum absolute atomic E-state index is 12.8. The van der Waals surface area contributed by atoms with Crippen LogP contribution >= 0.6 is 23.2 Å². The van der Waals surface area contributed by atoms with Crippen molar-refractivity contribution < 1.29 is 19.2 Å². The molecule has 0 spiro atoms. The van der Waals surface area contributed by atoms with Crippen molar-refractivity contribution in [3.05, 3.63) is 63.1 Å². The van der Waals surface area contributed by atoms with Gasteiger partial charge in [0, 0.05) is 19.2 Å². The molecule has 168 valence electrons. The number of fused-ring (bicyclic) bond motifs is 1. The van der Waals surface area contributed by atoms with Crippen molar-refractivity contribution in [1.29, 1.82) is 0 Å². The van der Waals surface area contributed by atoms with E-state index in [0.29, 0.717) is 18.9 Å². The molecule has 1 N–H and O–H groups in total. The van der Waals surface area contributed by atoms with Gasteiger partial charge in [0.05, 0.1) is 33.4 Å². The van der Waals surface area contributed by atoms with Crippen molar-refractivity contribution in [2.75, 3.05) is 25.5 Å². The molecule has 32 heavy (non-hydrogen) atoms. The molecule has 0 saturated heterocycles. The van der Waals surface area contributed by atoms with Crippen LogP contribution in [0.4, 0.5) is 5.69 Å². The molecule has 4 amide bonds. The summed E-state index contributed by atoms with van der Waals surface area (Å²) in [7, 11) is 1.46. The summed E-state index contributed by atoms with van der Waals surface area (Å²) in [6.45, 7) is 4.10. The molecule has 1 aliphatic rings. The van der Waals surface area contributed by atoms with Gasteiger partial charge in [0.1, 0.15) is 0 Å². The number of hydrogen-bond acceptors (Lipinski definition) is 4. The molecule has 0 unspecified atom stereocenters. The lowest BCUT2D eigenvalue weighted by atomic mass is 10.0. The number of likely N-dealkylation sites (N-methyl/N-ethyl adjacent to an activating group) is 1. The van der Waals surface area contributed by atoms with Gasteiger partial charge in [-0.15, -0.1) is 0 Å². The maximum Gasteiger partial charge on any atom is 0.261 e. The second-order valence-electron chi connectivity index (χ2n) is 8.01. The fourth-order valence-corrected chi connectivity index (χ4v) is 3.81. The van der Waals surface area contributed by atoms with E-state index in [2.05, 4.69) is 5.32 Å². The minimum atomic E-state index is -0.483. The van der Waals surface area contributed by atoms with Crippen LogP contribution < -0.4 is 5.32 Å². The van der Waals surface area contributed by atoms with E-state index in [-0.39, 0.29) is 44.9 Å². The summed E-state index contributed by atoms with van der Waals surface area (Å²) >= 11 is 12.1. The van der Waals surface area contributed by atoms with Gasteiger partial charge < -0.3 is 10.2 Å². The van der Waals surface area contributed by atoms with E-state index in [1.165, 1.54) is 35.0 Å². The molecule has 9 heteroatoms.